The highest BCUT2D eigenvalue weighted by atomic mass is 16.5. The van der Waals surface area contributed by atoms with Crippen molar-refractivity contribution in [2.75, 3.05) is 12.3 Å². The lowest BCUT2D eigenvalue weighted by Gasteiger charge is -2.14. The van der Waals surface area contributed by atoms with Gasteiger partial charge in [-0.05, 0) is 63.8 Å². The van der Waals surface area contributed by atoms with Gasteiger partial charge in [-0.3, -0.25) is 0 Å². The highest BCUT2D eigenvalue weighted by molar-refractivity contribution is 5.91. The third-order valence-electron chi connectivity index (χ3n) is 3.20. The first kappa shape index (κ1) is 16.0. The van der Waals surface area contributed by atoms with Gasteiger partial charge in [0, 0.05) is 5.69 Å². The zero-order valence-corrected chi connectivity index (χ0v) is 12.4. The molecule has 1 aromatic carbocycles. The molecule has 1 rings (SSSR count). The Hall–Kier alpha value is -2.02. The predicted molar refractivity (Wildman–Crippen MR) is 79.1 cm³/mol. The summed E-state index contributed by atoms with van der Waals surface area (Å²) in [6.07, 6.45) is 2.45. The molecule has 0 heterocycles. The average molecular weight is 274 g/mol. The van der Waals surface area contributed by atoms with Crippen LogP contribution in [-0.2, 0) is 4.74 Å². The molecule has 1 aromatic rings. The molecule has 20 heavy (non-hydrogen) atoms. The maximum Gasteiger partial charge on any atom is 0.338 e. The van der Waals surface area contributed by atoms with E-state index >= 15 is 0 Å². The van der Waals surface area contributed by atoms with Crippen LogP contribution in [0.2, 0.25) is 0 Å². The van der Waals surface area contributed by atoms with Crippen LogP contribution in [0.1, 0.15) is 49.0 Å². The molecule has 4 heteroatoms. The van der Waals surface area contributed by atoms with Crippen molar-refractivity contribution in [3.63, 3.8) is 0 Å². The molecule has 0 aliphatic rings. The number of benzene rings is 1. The number of anilines is 1. The molecule has 0 atom stereocenters. The number of nitriles is 1. The first-order valence-electron chi connectivity index (χ1n) is 6.80. The maximum atomic E-state index is 11.9. The van der Waals surface area contributed by atoms with Gasteiger partial charge in [0.1, 0.15) is 0 Å². The van der Waals surface area contributed by atoms with E-state index in [4.69, 9.17) is 15.7 Å². The highest BCUT2D eigenvalue weighted by Crippen LogP contribution is 2.21. The van der Waals surface area contributed by atoms with Gasteiger partial charge in [-0.1, -0.05) is 0 Å². The number of carbonyl (C=O) groups excluding carboxylic acids is 1. The summed E-state index contributed by atoms with van der Waals surface area (Å²) >= 11 is 0. The van der Waals surface area contributed by atoms with Crippen molar-refractivity contribution < 1.29 is 9.53 Å². The summed E-state index contributed by atoms with van der Waals surface area (Å²) in [7, 11) is 0. The summed E-state index contributed by atoms with van der Waals surface area (Å²) in [5, 5.41) is 8.89. The number of rotatable bonds is 6. The predicted octanol–water partition coefficient (Wildman–Crippen LogP) is 3.45. The van der Waals surface area contributed by atoms with Crippen LogP contribution in [0.15, 0.2) is 18.2 Å². The van der Waals surface area contributed by atoms with Crippen LogP contribution in [0.4, 0.5) is 5.69 Å². The number of unbranched alkanes of at least 4 members (excludes halogenated alkanes) is 1. The first-order valence-corrected chi connectivity index (χ1v) is 6.80. The molecule has 4 nitrogen and oxygen atoms in total. The van der Waals surface area contributed by atoms with Crippen molar-refractivity contribution in [1.82, 2.24) is 0 Å². The number of nitrogens with two attached hydrogens (primary N) is 1. The summed E-state index contributed by atoms with van der Waals surface area (Å²) in [6.45, 7) is 6.04. The smallest absolute Gasteiger partial charge is 0.338 e. The van der Waals surface area contributed by atoms with Gasteiger partial charge in [-0.25, -0.2) is 4.79 Å². The molecule has 0 aliphatic heterocycles. The molecule has 0 radical (unpaired) electrons. The number of aryl methyl sites for hydroxylation is 1. The molecule has 0 saturated heterocycles. The van der Waals surface area contributed by atoms with Gasteiger partial charge in [0.2, 0.25) is 0 Å². The fourth-order valence-electron chi connectivity index (χ4n) is 1.88. The minimum atomic E-state index is -0.318. The monoisotopic (exact) mass is 274 g/mol. The van der Waals surface area contributed by atoms with Gasteiger partial charge in [0.05, 0.1) is 23.7 Å². The Balaban J connectivity index is 2.36. The Morgan fingerprint density at radius 1 is 1.40 bits per heavy atom. The van der Waals surface area contributed by atoms with Crippen molar-refractivity contribution in [2.45, 2.75) is 40.0 Å². The second-order valence-electron chi connectivity index (χ2n) is 5.66. The van der Waals surface area contributed by atoms with Gasteiger partial charge < -0.3 is 10.5 Å². The molecule has 0 fully saturated rings. The van der Waals surface area contributed by atoms with Gasteiger partial charge in [0.25, 0.3) is 0 Å². The zero-order chi connectivity index (χ0) is 15.2. The molecule has 0 bridgehead atoms. The summed E-state index contributed by atoms with van der Waals surface area (Å²) < 4.78 is 5.23. The van der Waals surface area contributed by atoms with E-state index in [1.807, 2.05) is 20.8 Å². The van der Waals surface area contributed by atoms with Crippen LogP contribution >= 0.6 is 0 Å². The maximum absolute atomic E-state index is 11.9. The van der Waals surface area contributed by atoms with Crippen LogP contribution in [0.25, 0.3) is 0 Å². The standard InChI is InChI=1S/C16H22N2O2/c1-12-10-13(18)6-7-14(12)15(19)20-9-5-4-8-16(2,3)11-17/h6-7,10H,4-5,8-9,18H2,1-3H3. The van der Waals surface area contributed by atoms with E-state index in [1.54, 1.807) is 18.2 Å². The van der Waals surface area contributed by atoms with Gasteiger partial charge in [-0.2, -0.15) is 5.26 Å². The fourth-order valence-corrected chi connectivity index (χ4v) is 1.88. The van der Waals surface area contributed by atoms with E-state index < -0.39 is 0 Å². The third-order valence-corrected chi connectivity index (χ3v) is 3.20. The largest absolute Gasteiger partial charge is 0.462 e. The lowest BCUT2D eigenvalue weighted by atomic mass is 9.89. The summed E-state index contributed by atoms with van der Waals surface area (Å²) in [4.78, 5) is 11.9. The van der Waals surface area contributed by atoms with E-state index in [0.717, 1.165) is 24.8 Å². The summed E-state index contributed by atoms with van der Waals surface area (Å²) in [5.74, 6) is -0.318. The molecule has 0 aromatic heterocycles. The minimum absolute atomic E-state index is 0.308. The Morgan fingerprint density at radius 3 is 2.70 bits per heavy atom. The topological polar surface area (TPSA) is 76.1 Å². The Bertz CT molecular complexity index is 516. The van der Waals surface area contributed by atoms with Crippen LogP contribution in [0.5, 0.6) is 0 Å². The minimum Gasteiger partial charge on any atom is -0.462 e. The van der Waals surface area contributed by atoms with Crippen LogP contribution in [0.3, 0.4) is 0 Å². The van der Waals surface area contributed by atoms with Crippen LogP contribution in [0, 0.1) is 23.7 Å². The zero-order valence-electron chi connectivity index (χ0n) is 12.4. The molecular weight excluding hydrogens is 252 g/mol. The van der Waals surface area contributed by atoms with Crippen molar-refractivity contribution in [1.29, 1.82) is 5.26 Å². The number of ether oxygens (including phenoxy) is 1. The molecule has 0 amide bonds. The van der Waals surface area contributed by atoms with Crippen molar-refractivity contribution in [2.24, 2.45) is 5.41 Å². The van der Waals surface area contributed by atoms with E-state index in [1.165, 1.54) is 0 Å². The molecule has 0 saturated carbocycles. The molecular formula is C16H22N2O2. The molecule has 0 spiro atoms. The van der Waals surface area contributed by atoms with Crippen LogP contribution in [-0.4, -0.2) is 12.6 Å². The molecule has 0 unspecified atom stereocenters. The number of esters is 1. The Kier molecular flexibility index (Phi) is 5.57. The quantitative estimate of drug-likeness (QED) is 0.489. The van der Waals surface area contributed by atoms with Gasteiger partial charge in [0.15, 0.2) is 0 Å². The Labute approximate surface area is 120 Å². The van der Waals surface area contributed by atoms with Gasteiger partial charge >= 0.3 is 5.97 Å². The number of hydrogen-bond acceptors (Lipinski definition) is 4. The van der Waals surface area contributed by atoms with Crippen LogP contribution < -0.4 is 5.73 Å². The Morgan fingerprint density at radius 2 is 2.10 bits per heavy atom. The van der Waals surface area contributed by atoms with Crippen molar-refractivity contribution in [3.8, 4) is 6.07 Å². The van der Waals surface area contributed by atoms with Crippen molar-refractivity contribution in [3.05, 3.63) is 29.3 Å². The SMILES string of the molecule is Cc1cc(N)ccc1C(=O)OCCCCC(C)(C)C#N. The molecule has 108 valence electrons. The number of hydrogen-bond donors (Lipinski definition) is 1. The van der Waals surface area contributed by atoms with E-state index in [0.29, 0.717) is 17.9 Å². The van der Waals surface area contributed by atoms with E-state index in [9.17, 15) is 4.79 Å². The fraction of sp³-hybridized carbons (Fsp3) is 0.500. The number of nitrogen functional groups attached to an aromatic ring is 1. The number of carbonyl (C=O) groups is 1. The molecule has 2 N–H and O–H groups in total. The lowest BCUT2D eigenvalue weighted by molar-refractivity contribution is 0.0495. The molecule has 0 aliphatic carbocycles. The number of nitrogens with zero attached hydrogens (tertiary/aromatic N) is 1. The summed E-state index contributed by atoms with van der Waals surface area (Å²) in [6, 6.07) is 7.40. The second kappa shape index (κ2) is 6.95. The van der Waals surface area contributed by atoms with Crippen molar-refractivity contribution >= 4 is 11.7 Å². The first-order chi connectivity index (χ1) is 9.35. The second-order valence-corrected chi connectivity index (χ2v) is 5.66. The average Bonchev–Trinajstić information content (AvgIpc) is 2.38. The lowest BCUT2D eigenvalue weighted by Crippen LogP contribution is -2.10. The third kappa shape index (κ3) is 4.93. The highest BCUT2D eigenvalue weighted by Gasteiger charge is 2.16. The van der Waals surface area contributed by atoms with E-state index in [2.05, 4.69) is 6.07 Å². The summed E-state index contributed by atoms with van der Waals surface area (Å²) in [5.41, 5.74) is 7.34. The van der Waals surface area contributed by atoms with Gasteiger partial charge in [-0.15, -0.1) is 0 Å². The normalized spacial score (nSPS) is 10.9. The van der Waals surface area contributed by atoms with E-state index in [-0.39, 0.29) is 11.4 Å².